The Morgan fingerprint density at radius 3 is 1.91 bits per heavy atom. The summed E-state index contributed by atoms with van der Waals surface area (Å²) in [6.45, 7) is 17.9. The largest absolute Gasteiger partial charge is 0.507 e. The molecule has 0 saturated carbocycles. The zero-order valence-corrected chi connectivity index (χ0v) is 21.2. The van der Waals surface area contributed by atoms with Crippen LogP contribution in [0.3, 0.4) is 0 Å². The number of hydrogen-bond acceptors (Lipinski definition) is 4. The predicted octanol–water partition coefficient (Wildman–Crippen LogP) is 5.77. The van der Waals surface area contributed by atoms with Gasteiger partial charge in [0.25, 0.3) is 0 Å². The second kappa shape index (κ2) is 9.97. The van der Waals surface area contributed by atoms with Crippen LogP contribution in [0.5, 0.6) is 5.75 Å². The van der Waals surface area contributed by atoms with Gasteiger partial charge in [0.2, 0.25) is 5.62 Å². The molecule has 32 heavy (non-hydrogen) atoms. The number of aromatic hydroxyl groups is 1. The van der Waals surface area contributed by atoms with E-state index in [9.17, 15) is 10.3 Å². The van der Waals surface area contributed by atoms with Crippen molar-refractivity contribution in [3.05, 3.63) is 46.8 Å². The number of nitrogens with zero attached hydrogens (tertiary/aromatic N) is 3. The number of benzene rings is 1. The number of aryl methyl sites for hydroxylation is 1. The van der Waals surface area contributed by atoms with E-state index in [1.807, 2.05) is 29.1 Å². The quantitative estimate of drug-likeness (QED) is 0.275. The highest BCUT2D eigenvalue weighted by Crippen LogP contribution is 2.40. The molecule has 6 heteroatoms. The van der Waals surface area contributed by atoms with Crippen molar-refractivity contribution in [1.82, 2.24) is 9.13 Å². The third-order valence-electron chi connectivity index (χ3n) is 6.40. The topological polar surface area (TPSA) is 86.5 Å². The van der Waals surface area contributed by atoms with Crippen LogP contribution in [0.15, 0.2) is 29.7 Å². The van der Waals surface area contributed by atoms with Crippen LogP contribution in [0.4, 0.5) is 0 Å². The van der Waals surface area contributed by atoms with Crippen LogP contribution in [0.2, 0.25) is 0 Å². The highest BCUT2D eigenvalue weighted by molar-refractivity contribution is 6.00. The fraction of sp³-hybridized carbons (Fsp3) is 0.615. The number of imidazole rings is 1. The van der Waals surface area contributed by atoms with Gasteiger partial charge in [0.05, 0.1) is 6.54 Å². The molecule has 178 valence electrons. The molecule has 0 aliphatic rings. The summed E-state index contributed by atoms with van der Waals surface area (Å²) in [6, 6.07) is 3.82. The summed E-state index contributed by atoms with van der Waals surface area (Å²) in [5.41, 5.74) is 2.72. The number of hydrogen-bond donors (Lipinski definition) is 3. The van der Waals surface area contributed by atoms with E-state index in [-0.39, 0.29) is 17.4 Å². The second-order valence-corrected chi connectivity index (χ2v) is 10.9. The third kappa shape index (κ3) is 5.84. The summed E-state index contributed by atoms with van der Waals surface area (Å²) in [5, 5.41) is 33.0. The molecule has 0 bridgehead atoms. The highest BCUT2D eigenvalue weighted by atomic mass is 16.4. The molecule has 0 aliphatic carbocycles. The maximum Gasteiger partial charge on any atom is 0.202 e. The van der Waals surface area contributed by atoms with Gasteiger partial charge in [0.15, 0.2) is 0 Å². The molecule has 0 atom stereocenters. The number of oxime groups is 1. The summed E-state index contributed by atoms with van der Waals surface area (Å²) in [7, 11) is 0. The van der Waals surface area contributed by atoms with E-state index < -0.39 is 0 Å². The zero-order valence-electron chi connectivity index (χ0n) is 21.2. The van der Waals surface area contributed by atoms with E-state index in [1.165, 1.54) is 0 Å². The molecule has 0 spiro atoms. The molecule has 2 rings (SSSR count). The molecular formula is C26H42N4O2. The SMILES string of the molecule is CCC(CC)CCn1ccn(C/C(=N\O)c2cc(C(C)(C)C)c(O)c(C(C)(C)C)c2)c1=N. The minimum atomic E-state index is -0.271. The van der Waals surface area contributed by atoms with Crippen molar-refractivity contribution in [1.29, 1.82) is 5.41 Å². The molecule has 0 radical (unpaired) electrons. The maximum atomic E-state index is 11.0. The van der Waals surface area contributed by atoms with Gasteiger partial charge in [-0.05, 0) is 35.3 Å². The molecule has 0 fully saturated rings. The lowest BCUT2D eigenvalue weighted by atomic mass is 9.78. The average molecular weight is 443 g/mol. The van der Waals surface area contributed by atoms with Crippen LogP contribution in [0.25, 0.3) is 0 Å². The first-order valence-electron chi connectivity index (χ1n) is 11.7. The second-order valence-electron chi connectivity index (χ2n) is 10.9. The van der Waals surface area contributed by atoms with Crippen molar-refractivity contribution in [3.63, 3.8) is 0 Å². The minimum absolute atomic E-state index is 0.271. The Hall–Kier alpha value is -2.50. The van der Waals surface area contributed by atoms with Crippen LogP contribution in [0, 0.1) is 11.3 Å². The number of phenolic OH excluding ortho intramolecular Hbond substituents is 1. The molecule has 6 nitrogen and oxygen atoms in total. The van der Waals surface area contributed by atoms with Gasteiger partial charge in [-0.3, -0.25) is 5.41 Å². The lowest BCUT2D eigenvalue weighted by Gasteiger charge is -2.28. The Morgan fingerprint density at radius 1 is 0.969 bits per heavy atom. The first-order chi connectivity index (χ1) is 14.8. The monoisotopic (exact) mass is 442 g/mol. The van der Waals surface area contributed by atoms with Gasteiger partial charge in [-0.15, -0.1) is 0 Å². The van der Waals surface area contributed by atoms with Crippen molar-refractivity contribution in [2.75, 3.05) is 0 Å². The third-order valence-corrected chi connectivity index (χ3v) is 6.40. The molecule has 1 heterocycles. The Kier molecular flexibility index (Phi) is 8.02. The summed E-state index contributed by atoms with van der Waals surface area (Å²) >= 11 is 0. The molecule has 0 unspecified atom stereocenters. The van der Waals surface area contributed by atoms with E-state index in [4.69, 9.17) is 5.41 Å². The molecule has 1 aromatic heterocycles. The van der Waals surface area contributed by atoms with Crippen molar-refractivity contribution in [2.45, 2.75) is 98.6 Å². The molecule has 0 saturated heterocycles. The van der Waals surface area contributed by atoms with Gasteiger partial charge in [0.1, 0.15) is 11.5 Å². The zero-order chi connectivity index (χ0) is 24.3. The lowest BCUT2D eigenvalue weighted by Crippen LogP contribution is -2.28. The summed E-state index contributed by atoms with van der Waals surface area (Å²) in [5.74, 6) is 0.968. The lowest BCUT2D eigenvalue weighted by molar-refractivity contribution is 0.317. The normalized spacial score (nSPS) is 13.2. The van der Waals surface area contributed by atoms with Gasteiger partial charge < -0.3 is 19.4 Å². The molecular weight excluding hydrogens is 400 g/mol. The van der Waals surface area contributed by atoms with E-state index in [0.29, 0.717) is 23.0 Å². The standard InChI is InChI=1S/C26H42N4O2/c1-9-18(10-2)11-12-29-13-14-30(24(29)27)17-22(28-32)19-15-20(25(3,4)5)23(31)21(16-19)26(6,7)8/h13-16,18,27,31-32H,9-12,17H2,1-8H3/b27-24?,28-22+. The van der Waals surface area contributed by atoms with Crippen molar-refractivity contribution >= 4 is 5.71 Å². The smallest absolute Gasteiger partial charge is 0.202 e. The van der Waals surface area contributed by atoms with Crippen molar-refractivity contribution < 1.29 is 10.3 Å². The molecule has 1 aromatic carbocycles. The van der Waals surface area contributed by atoms with Crippen LogP contribution in [-0.2, 0) is 23.9 Å². The number of rotatable bonds is 8. The van der Waals surface area contributed by atoms with Crippen LogP contribution in [-0.4, -0.2) is 25.2 Å². The maximum absolute atomic E-state index is 11.0. The Labute approximate surface area is 193 Å². The molecule has 2 aromatic rings. The van der Waals surface area contributed by atoms with E-state index in [2.05, 4.69) is 60.5 Å². The fourth-order valence-electron chi connectivity index (χ4n) is 4.08. The van der Waals surface area contributed by atoms with Gasteiger partial charge in [-0.2, -0.15) is 0 Å². The first kappa shape index (κ1) is 25.8. The van der Waals surface area contributed by atoms with Gasteiger partial charge in [-0.1, -0.05) is 73.4 Å². The highest BCUT2D eigenvalue weighted by Gasteiger charge is 2.27. The Bertz CT molecular complexity index is 961. The number of phenols is 1. The molecule has 3 N–H and O–H groups in total. The summed E-state index contributed by atoms with van der Waals surface area (Å²) in [6.07, 6.45) is 7.16. The van der Waals surface area contributed by atoms with Crippen LogP contribution >= 0.6 is 0 Å². The fourth-order valence-corrected chi connectivity index (χ4v) is 4.08. The molecule has 0 aliphatic heterocycles. The Morgan fingerprint density at radius 2 is 1.47 bits per heavy atom. The van der Waals surface area contributed by atoms with Gasteiger partial charge >= 0.3 is 0 Å². The van der Waals surface area contributed by atoms with Gasteiger partial charge in [-0.25, -0.2) is 0 Å². The van der Waals surface area contributed by atoms with Crippen LogP contribution in [0.1, 0.15) is 91.3 Å². The average Bonchev–Trinajstić information content (AvgIpc) is 3.05. The van der Waals surface area contributed by atoms with Crippen molar-refractivity contribution in [2.24, 2.45) is 11.1 Å². The van der Waals surface area contributed by atoms with E-state index in [1.54, 1.807) is 4.57 Å². The van der Waals surface area contributed by atoms with Gasteiger partial charge in [0, 0.05) is 35.6 Å². The van der Waals surface area contributed by atoms with Crippen molar-refractivity contribution in [3.8, 4) is 5.75 Å². The Balaban J connectivity index is 2.41. The number of aromatic nitrogens is 2. The summed E-state index contributed by atoms with van der Waals surface area (Å²) < 4.78 is 3.74. The molecule has 0 amide bonds. The van der Waals surface area contributed by atoms with E-state index >= 15 is 0 Å². The number of nitrogens with one attached hydrogen (secondary N) is 1. The predicted molar refractivity (Wildman–Crippen MR) is 131 cm³/mol. The first-order valence-corrected chi connectivity index (χ1v) is 11.7. The van der Waals surface area contributed by atoms with E-state index in [0.717, 1.165) is 42.5 Å². The minimum Gasteiger partial charge on any atom is -0.507 e. The van der Waals surface area contributed by atoms with Crippen LogP contribution < -0.4 is 5.62 Å². The summed E-state index contributed by atoms with van der Waals surface area (Å²) in [4.78, 5) is 0.